The molecule has 1 N–H and O–H groups in total. The third-order valence-corrected chi connectivity index (χ3v) is 4.89. The fourth-order valence-electron chi connectivity index (χ4n) is 3.42. The van der Waals surface area contributed by atoms with Crippen LogP contribution in [0.1, 0.15) is 50.0 Å². The maximum absolute atomic E-state index is 4.73. The molecular weight excluding hydrogens is 324 g/mol. The molecule has 3 heterocycles. The molecule has 3 aromatic heterocycles. The van der Waals surface area contributed by atoms with Gasteiger partial charge in [0.2, 0.25) is 0 Å². The molecule has 1 aliphatic carbocycles. The quantitative estimate of drug-likeness (QED) is 0.728. The summed E-state index contributed by atoms with van der Waals surface area (Å²) in [6.45, 7) is 2.77. The SMILES string of the molecule is CCc1cc(NCc2ccn(C3CCCC3)n2)nc(-c2ccncc2)n1. The molecule has 0 atom stereocenters. The largest absolute Gasteiger partial charge is 0.364 e. The zero-order chi connectivity index (χ0) is 17.8. The first-order valence-electron chi connectivity index (χ1n) is 9.38. The van der Waals surface area contributed by atoms with Crippen LogP contribution in [0.3, 0.4) is 0 Å². The second-order valence-electron chi connectivity index (χ2n) is 6.74. The van der Waals surface area contributed by atoms with E-state index in [9.17, 15) is 0 Å². The monoisotopic (exact) mass is 348 g/mol. The molecule has 4 rings (SSSR count). The third-order valence-electron chi connectivity index (χ3n) is 4.89. The number of nitrogens with zero attached hydrogens (tertiary/aromatic N) is 5. The molecule has 1 aliphatic rings. The van der Waals surface area contributed by atoms with Crippen molar-refractivity contribution in [2.45, 2.75) is 51.6 Å². The van der Waals surface area contributed by atoms with Crippen LogP contribution >= 0.6 is 0 Å². The van der Waals surface area contributed by atoms with Gasteiger partial charge in [0.15, 0.2) is 5.82 Å². The number of hydrogen-bond donors (Lipinski definition) is 1. The molecule has 0 unspecified atom stereocenters. The summed E-state index contributed by atoms with van der Waals surface area (Å²) in [5, 5.41) is 8.14. The number of rotatable bonds is 6. The van der Waals surface area contributed by atoms with Gasteiger partial charge in [0.25, 0.3) is 0 Å². The lowest BCUT2D eigenvalue weighted by molar-refractivity contribution is 0.463. The Morgan fingerprint density at radius 1 is 1.08 bits per heavy atom. The van der Waals surface area contributed by atoms with Crippen LogP contribution in [0.5, 0.6) is 0 Å². The van der Waals surface area contributed by atoms with Crippen LogP contribution in [0.4, 0.5) is 5.82 Å². The van der Waals surface area contributed by atoms with E-state index in [1.54, 1.807) is 12.4 Å². The van der Waals surface area contributed by atoms with E-state index in [0.29, 0.717) is 12.6 Å². The van der Waals surface area contributed by atoms with Crippen molar-refractivity contribution in [3.8, 4) is 11.4 Å². The Bertz CT molecular complexity index is 852. The molecule has 0 radical (unpaired) electrons. The normalized spacial score (nSPS) is 14.7. The minimum atomic E-state index is 0.577. The molecule has 6 nitrogen and oxygen atoms in total. The van der Waals surface area contributed by atoms with Gasteiger partial charge in [-0.3, -0.25) is 9.67 Å². The summed E-state index contributed by atoms with van der Waals surface area (Å²) in [6.07, 6.45) is 11.6. The molecule has 0 aromatic carbocycles. The molecule has 0 bridgehead atoms. The predicted molar refractivity (Wildman–Crippen MR) is 102 cm³/mol. The molecular formula is C20H24N6. The highest BCUT2D eigenvalue weighted by atomic mass is 15.3. The first kappa shape index (κ1) is 16.7. The van der Waals surface area contributed by atoms with E-state index < -0.39 is 0 Å². The van der Waals surface area contributed by atoms with E-state index in [1.807, 2.05) is 18.2 Å². The molecule has 6 heteroatoms. The lowest BCUT2D eigenvalue weighted by atomic mass is 10.2. The van der Waals surface area contributed by atoms with Crippen molar-refractivity contribution in [2.24, 2.45) is 0 Å². The van der Waals surface area contributed by atoms with Crippen LogP contribution in [0.2, 0.25) is 0 Å². The van der Waals surface area contributed by atoms with Gasteiger partial charge in [-0.2, -0.15) is 5.10 Å². The molecule has 3 aromatic rings. The lowest BCUT2D eigenvalue weighted by Crippen LogP contribution is -2.08. The first-order chi connectivity index (χ1) is 12.8. The molecule has 134 valence electrons. The van der Waals surface area contributed by atoms with Crippen LogP contribution in [0, 0.1) is 0 Å². The van der Waals surface area contributed by atoms with E-state index in [0.717, 1.165) is 35.0 Å². The molecule has 0 spiro atoms. The number of aromatic nitrogens is 5. The Morgan fingerprint density at radius 2 is 1.88 bits per heavy atom. The summed E-state index contributed by atoms with van der Waals surface area (Å²) in [7, 11) is 0. The third kappa shape index (κ3) is 3.74. The van der Waals surface area contributed by atoms with E-state index in [-0.39, 0.29) is 0 Å². The van der Waals surface area contributed by atoms with Crippen LogP contribution in [-0.2, 0) is 13.0 Å². The lowest BCUT2D eigenvalue weighted by Gasteiger charge is -2.10. The minimum absolute atomic E-state index is 0.577. The Kier molecular flexibility index (Phi) is 4.91. The minimum Gasteiger partial charge on any atom is -0.364 e. The average Bonchev–Trinajstić information content (AvgIpc) is 3.38. The summed E-state index contributed by atoms with van der Waals surface area (Å²) in [5.74, 6) is 1.56. The Morgan fingerprint density at radius 3 is 2.65 bits per heavy atom. The average molecular weight is 348 g/mol. The molecule has 0 aliphatic heterocycles. The van der Waals surface area contributed by atoms with Crippen molar-refractivity contribution < 1.29 is 0 Å². The smallest absolute Gasteiger partial charge is 0.161 e. The maximum Gasteiger partial charge on any atom is 0.161 e. The van der Waals surface area contributed by atoms with Gasteiger partial charge < -0.3 is 5.32 Å². The number of anilines is 1. The highest BCUT2D eigenvalue weighted by Crippen LogP contribution is 2.28. The number of nitrogens with one attached hydrogen (secondary N) is 1. The molecule has 1 saturated carbocycles. The van der Waals surface area contributed by atoms with Crippen LogP contribution in [-0.4, -0.2) is 24.7 Å². The fraction of sp³-hybridized carbons (Fsp3) is 0.400. The van der Waals surface area contributed by atoms with E-state index in [1.165, 1.54) is 25.7 Å². The summed E-state index contributed by atoms with van der Waals surface area (Å²) in [4.78, 5) is 13.4. The van der Waals surface area contributed by atoms with Gasteiger partial charge in [-0.25, -0.2) is 9.97 Å². The number of hydrogen-bond acceptors (Lipinski definition) is 5. The van der Waals surface area contributed by atoms with Gasteiger partial charge in [0.05, 0.1) is 18.3 Å². The van der Waals surface area contributed by atoms with E-state index >= 15 is 0 Å². The van der Waals surface area contributed by atoms with Crippen molar-refractivity contribution in [1.29, 1.82) is 0 Å². The van der Waals surface area contributed by atoms with Crippen LogP contribution < -0.4 is 5.32 Å². The number of aryl methyl sites for hydroxylation is 1. The summed E-state index contributed by atoms with van der Waals surface area (Å²) in [5.41, 5.74) is 3.04. The standard InChI is InChI=1S/C20H24N6/c1-2-16-13-19(24-20(23-16)15-7-10-21-11-8-15)22-14-17-9-12-26(25-17)18-5-3-4-6-18/h7-13,18H,2-6,14H2,1H3,(H,22,23,24). The molecule has 26 heavy (non-hydrogen) atoms. The van der Waals surface area contributed by atoms with Gasteiger partial charge in [-0.05, 0) is 37.5 Å². The van der Waals surface area contributed by atoms with Crippen molar-refractivity contribution in [2.75, 3.05) is 5.32 Å². The van der Waals surface area contributed by atoms with Gasteiger partial charge in [-0.15, -0.1) is 0 Å². The zero-order valence-electron chi connectivity index (χ0n) is 15.1. The molecule has 1 fully saturated rings. The molecule has 0 saturated heterocycles. The maximum atomic E-state index is 4.73. The van der Waals surface area contributed by atoms with Crippen molar-refractivity contribution >= 4 is 5.82 Å². The summed E-state index contributed by atoms with van der Waals surface area (Å²) in [6, 6.07) is 8.55. The summed E-state index contributed by atoms with van der Waals surface area (Å²) >= 11 is 0. The van der Waals surface area contributed by atoms with Gasteiger partial charge in [-0.1, -0.05) is 19.8 Å². The van der Waals surface area contributed by atoms with E-state index in [2.05, 4.69) is 44.1 Å². The Labute approximate surface area is 153 Å². The fourth-order valence-corrected chi connectivity index (χ4v) is 3.42. The Hall–Kier alpha value is -2.76. The van der Waals surface area contributed by atoms with E-state index in [4.69, 9.17) is 5.10 Å². The van der Waals surface area contributed by atoms with Crippen molar-refractivity contribution in [3.63, 3.8) is 0 Å². The van der Waals surface area contributed by atoms with Gasteiger partial charge >= 0.3 is 0 Å². The predicted octanol–water partition coefficient (Wildman–Crippen LogP) is 4.02. The zero-order valence-corrected chi connectivity index (χ0v) is 15.1. The second-order valence-corrected chi connectivity index (χ2v) is 6.74. The van der Waals surface area contributed by atoms with Crippen LogP contribution in [0.15, 0.2) is 42.9 Å². The highest BCUT2D eigenvalue weighted by Gasteiger charge is 2.17. The number of pyridine rings is 1. The van der Waals surface area contributed by atoms with Crippen molar-refractivity contribution in [3.05, 3.63) is 54.2 Å². The van der Waals surface area contributed by atoms with Crippen LogP contribution in [0.25, 0.3) is 11.4 Å². The van der Waals surface area contributed by atoms with Crippen molar-refractivity contribution in [1.82, 2.24) is 24.7 Å². The van der Waals surface area contributed by atoms with Gasteiger partial charge in [0.1, 0.15) is 5.82 Å². The Balaban J connectivity index is 1.49. The molecule has 0 amide bonds. The van der Waals surface area contributed by atoms with Gasteiger partial charge in [0, 0.05) is 35.9 Å². The highest BCUT2D eigenvalue weighted by molar-refractivity contribution is 5.56. The summed E-state index contributed by atoms with van der Waals surface area (Å²) < 4.78 is 2.13. The first-order valence-corrected chi connectivity index (χ1v) is 9.38. The topological polar surface area (TPSA) is 68.5 Å². The second kappa shape index (κ2) is 7.64.